The lowest BCUT2D eigenvalue weighted by Gasteiger charge is -2.31. The van der Waals surface area contributed by atoms with E-state index in [1.807, 2.05) is 35.3 Å². The maximum absolute atomic E-state index is 14.3. The summed E-state index contributed by atoms with van der Waals surface area (Å²) in [7, 11) is -4.22. The summed E-state index contributed by atoms with van der Waals surface area (Å²) >= 11 is 0. The Morgan fingerprint density at radius 2 is 1.83 bits per heavy atom. The predicted octanol–water partition coefficient (Wildman–Crippen LogP) is 2.74. The number of benzene rings is 2. The van der Waals surface area contributed by atoms with Gasteiger partial charge in [-0.25, -0.2) is 9.36 Å². The molecule has 0 radical (unpaired) electrons. The van der Waals surface area contributed by atoms with Crippen LogP contribution in [0.1, 0.15) is 31.1 Å². The van der Waals surface area contributed by atoms with Gasteiger partial charge in [-0.15, -0.1) is 0 Å². The summed E-state index contributed by atoms with van der Waals surface area (Å²) in [4.78, 5) is 38.5. The second-order valence-corrected chi connectivity index (χ2v) is 11.6. The molecule has 2 N–H and O–H groups in total. The van der Waals surface area contributed by atoms with Gasteiger partial charge in [0.25, 0.3) is 5.56 Å². The van der Waals surface area contributed by atoms with E-state index in [4.69, 9.17) is 18.5 Å². The Balaban J connectivity index is 1.32. The number of nitrogens with one attached hydrogen (secondary N) is 1. The SMILES string of the molecule is O=C(OCc1ccccc1)C1CCCN1P(=O)(OC[C@H]1O[C@@H](n2cc(F)c(=O)[nH]c2=O)C[C@H]1O)Oc1ccccc1. The normalized spacial score (nSPS) is 24.1. The van der Waals surface area contributed by atoms with Crippen molar-refractivity contribution in [3.63, 3.8) is 0 Å². The van der Waals surface area contributed by atoms with E-state index in [9.17, 15) is 28.4 Å². The van der Waals surface area contributed by atoms with Crippen molar-refractivity contribution >= 4 is 13.7 Å². The number of rotatable bonds is 10. The van der Waals surface area contributed by atoms with Crippen LogP contribution in [0.4, 0.5) is 4.39 Å². The number of hydrogen-bond acceptors (Lipinski definition) is 9. The largest absolute Gasteiger partial charge is 0.462 e. The zero-order chi connectivity index (χ0) is 29.0. The Labute approximate surface area is 233 Å². The molecular weight excluding hydrogens is 560 g/mol. The van der Waals surface area contributed by atoms with Gasteiger partial charge in [0.2, 0.25) is 5.82 Å². The van der Waals surface area contributed by atoms with Gasteiger partial charge in [-0.05, 0) is 30.5 Å². The molecular formula is C27H29FN3O9P. The first-order valence-corrected chi connectivity index (χ1v) is 14.5. The van der Waals surface area contributed by atoms with Crippen LogP contribution in [0.15, 0.2) is 76.4 Å². The lowest BCUT2D eigenvalue weighted by molar-refractivity contribution is -0.149. The van der Waals surface area contributed by atoms with Crippen molar-refractivity contribution in [1.29, 1.82) is 0 Å². The average Bonchev–Trinajstić information content (AvgIpc) is 3.61. The van der Waals surface area contributed by atoms with E-state index >= 15 is 0 Å². The number of aliphatic hydroxyl groups excluding tert-OH is 1. The van der Waals surface area contributed by atoms with Crippen LogP contribution in [0.2, 0.25) is 0 Å². The Morgan fingerprint density at radius 3 is 2.56 bits per heavy atom. The number of hydrogen-bond donors (Lipinski definition) is 2. The topological polar surface area (TPSA) is 149 Å². The first kappa shape index (κ1) is 28.9. The quantitative estimate of drug-likeness (QED) is 0.267. The minimum Gasteiger partial charge on any atom is -0.460 e. The molecule has 41 heavy (non-hydrogen) atoms. The Hall–Kier alpha value is -3.61. The van der Waals surface area contributed by atoms with Crippen molar-refractivity contribution < 1.29 is 37.4 Å². The minimum absolute atomic E-state index is 0.0446. The van der Waals surface area contributed by atoms with Crippen molar-refractivity contribution in [3.05, 3.63) is 99.1 Å². The molecule has 2 aromatic carbocycles. The zero-order valence-corrected chi connectivity index (χ0v) is 22.7. The number of halogens is 1. The molecule has 14 heteroatoms. The van der Waals surface area contributed by atoms with Crippen molar-refractivity contribution in [2.24, 2.45) is 0 Å². The van der Waals surface area contributed by atoms with Crippen LogP contribution >= 0.6 is 7.75 Å². The third kappa shape index (κ3) is 6.66. The summed E-state index contributed by atoms with van der Waals surface area (Å²) < 4.78 is 53.2. The molecule has 0 spiro atoms. The lowest BCUT2D eigenvalue weighted by Crippen LogP contribution is -2.38. The number of aliphatic hydroxyl groups is 1. The third-order valence-electron chi connectivity index (χ3n) is 6.84. The molecule has 1 aromatic heterocycles. The summed E-state index contributed by atoms with van der Waals surface area (Å²) in [5.74, 6) is -1.54. The zero-order valence-electron chi connectivity index (χ0n) is 21.8. The number of carbonyl (C=O) groups excluding carboxylic acids is 1. The highest BCUT2D eigenvalue weighted by Gasteiger charge is 2.48. The van der Waals surface area contributed by atoms with Gasteiger partial charge in [0.05, 0.1) is 18.9 Å². The molecule has 3 aromatic rings. The van der Waals surface area contributed by atoms with Crippen LogP contribution in [0.25, 0.3) is 0 Å². The van der Waals surface area contributed by atoms with E-state index in [-0.39, 0.29) is 25.3 Å². The number of esters is 1. The molecule has 5 atom stereocenters. The minimum atomic E-state index is -4.22. The summed E-state index contributed by atoms with van der Waals surface area (Å²) in [5.41, 5.74) is -1.29. The molecule has 2 saturated heterocycles. The summed E-state index contributed by atoms with van der Waals surface area (Å²) in [6.07, 6.45) is -1.91. The highest BCUT2D eigenvalue weighted by Crippen LogP contribution is 2.55. The van der Waals surface area contributed by atoms with Gasteiger partial charge >= 0.3 is 19.4 Å². The number of aromatic nitrogens is 2. The van der Waals surface area contributed by atoms with E-state index in [2.05, 4.69) is 0 Å². The highest BCUT2D eigenvalue weighted by molar-refractivity contribution is 7.51. The van der Waals surface area contributed by atoms with Crippen LogP contribution < -0.4 is 15.8 Å². The Bertz CT molecular complexity index is 1520. The highest BCUT2D eigenvalue weighted by atomic mass is 31.2. The number of nitrogens with zero attached hydrogens (tertiary/aromatic N) is 2. The van der Waals surface area contributed by atoms with Gasteiger partial charge < -0.3 is 19.1 Å². The smallest absolute Gasteiger partial charge is 0.460 e. The fraction of sp³-hybridized carbons (Fsp3) is 0.370. The van der Waals surface area contributed by atoms with Gasteiger partial charge in [0, 0.05) is 13.0 Å². The Morgan fingerprint density at radius 1 is 1.12 bits per heavy atom. The van der Waals surface area contributed by atoms with Gasteiger partial charge in [-0.1, -0.05) is 48.5 Å². The van der Waals surface area contributed by atoms with Gasteiger partial charge in [0.1, 0.15) is 30.7 Å². The standard InChI is InChI=1S/C27H29FN3O9P/c28-20-15-30(27(35)29-25(20)33)24-14-22(32)23(39-24)17-38-41(36,40-19-10-5-2-6-11-19)31-13-7-12-21(31)26(34)37-16-18-8-3-1-4-9-18/h1-6,8-11,15,21-24,32H,7,12-14,16-17H2,(H,29,33,35)/t21?,22-,23-,24-,41?/m1/s1. The van der Waals surface area contributed by atoms with Gasteiger partial charge in [-0.3, -0.25) is 23.7 Å². The first-order valence-electron chi connectivity index (χ1n) is 13.0. The molecule has 0 saturated carbocycles. The van der Waals surface area contributed by atoms with Crippen LogP contribution in [0.3, 0.4) is 0 Å². The van der Waals surface area contributed by atoms with Gasteiger partial charge in [-0.2, -0.15) is 9.06 Å². The fourth-order valence-electron chi connectivity index (χ4n) is 4.75. The predicted molar refractivity (Wildman–Crippen MR) is 142 cm³/mol. The molecule has 2 unspecified atom stereocenters. The molecule has 0 aliphatic carbocycles. The van der Waals surface area contributed by atoms with E-state index in [0.717, 1.165) is 10.1 Å². The second-order valence-electron chi connectivity index (χ2n) is 9.66. The summed E-state index contributed by atoms with van der Waals surface area (Å²) in [6, 6.07) is 16.5. The molecule has 2 aliphatic rings. The van der Waals surface area contributed by atoms with E-state index in [1.165, 1.54) is 4.67 Å². The number of H-pyrrole nitrogens is 1. The number of carbonyl (C=O) groups is 1. The number of aromatic amines is 1. The fourth-order valence-corrected chi connectivity index (χ4v) is 6.72. The van der Waals surface area contributed by atoms with E-state index in [1.54, 1.807) is 30.3 Å². The number of ether oxygens (including phenoxy) is 2. The van der Waals surface area contributed by atoms with Crippen LogP contribution in [-0.2, 0) is 30.0 Å². The molecule has 0 bridgehead atoms. The third-order valence-corrected chi connectivity index (χ3v) is 8.86. The molecule has 5 rings (SSSR count). The van der Waals surface area contributed by atoms with Crippen molar-refractivity contribution in [3.8, 4) is 5.75 Å². The second kappa shape index (κ2) is 12.5. The molecule has 12 nitrogen and oxygen atoms in total. The van der Waals surface area contributed by atoms with Crippen molar-refractivity contribution in [2.45, 2.75) is 50.3 Å². The first-order chi connectivity index (χ1) is 19.7. The molecule has 218 valence electrons. The number of para-hydroxylation sites is 1. The van der Waals surface area contributed by atoms with Crippen LogP contribution in [-0.4, -0.2) is 56.7 Å². The Kier molecular flexibility index (Phi) is 8.81. The van der Waals surface area contributed by atoms with Crippen LogP contribution in [0.5, 0.6) is 5.75 Å². The van der Waals surface area contributed by atoms with Crippen molar-refractivity contribution in [1.82, 2.24) is 14.2 Å². The van der Waals surface area contributed by atoms with Crippen LogP contribution in [0, 0.1) is 5.82 Å². The lowest BCUT2D eigenvalue weighted by atomic mass is 10.2. The molecule has 2 aliphatic heterocycles. The monoisotopic (exact) mass is 589 g/mol. The molecule has 3 heterocycles. The van der Waals surface area contributed by atoms with Gasteiger partial charge in [0.15, 0.2) is 0 Å². The van der Waals surface area contributed by atoms with E-state index in [0.29, 0.717) is 19.0 Å². The maximum atomic E-state index is 14.3. The summed E-state index contributed by atoms with van der Waals surface area (Å²) in [6.45, 7) is -0.175. The average molecular weight is 590 g/mol. The maximum Gasteiger partial charge on any atom is 0.462 e. The van der Waals surface area contributed by atoms with Crippen molar-refractivity contribution in [2.75, 3.05) is 13.2 Å². The van der Waals surface area contributed by atoms with E-state index < -0.39 is 61.9 Å². The molecule has 0 amide bonds. The molecule has 2 fully saturated rings. The summed E-state index contributed by atoms with van der Waals surface area (Å²) in [5, 5.41) is 10.6.